The highest BCUT2D eigenvalue weighted by atomic mass is 16.6. The molecule has 0 aliphatic carbocycles. The zero-order chi connectivity index (χ0) is 21.4. The quantitative estimate of drug-likeness (QED) is 0.454. The number of benzene rings is 1. The van der Waals surface area contributed by atoms with Crippen LogP contribution in [0.1, 0.15) is 35.8 Å². The Kier molecular flexibility index (Phi) is 4.89. The number of hydrogen-bond donors (Lipinski definition) is 1. The van der Waals surface area contributed by atoms with E-state index in [0.29, 0.717) is 46.9 Å². The molecule has 1 aliphatic rings. The van der Waals surface area contributed by atoms with Gasteiger partial charge in [0.05, 0.1) is 29.5 Å². The van der Waals surface area contributed by atoms with E-state index >= 15 is 0 Å². The number of para-hydroxylation sites is 2. The summed E-state index contributed by atoms with van der Waals surface area (Å²) in [7, 11) is 0. The van der Waals surface area contributed by atoms with Gasteiger partial charge in [0.1, 0.15) is 5.56 Å². The summed E-state index contributed by atoms with van der Waals surface area (Å²) >= 11 is 0. The summed E-state index contributed by atoms with van der Waals surface area (Å²) in [5.41, 5.74) is 4.26. The fraction of sp³-hybridized carbons (Fsp3) is 0.304. The van der Waals surface area contributed by atoms with Gasteiger partial charge in [0.25, 0.3) is 5.91 Å². The smallest absolute Gasteiger partial charge is 0.320 e. The summed E-state index contributed by atoms with van der Waals surface area (Å²) < 4.78 is 13.2. The Bertz CT molecular complexity index is 1260. The van der Waals surface area contributed by atoms with E-state index in [1.165, 1.54) is 0 Å². The van der Waals surface area contributed by atoms with Crippen molar-refractivity contribution in [3.8, 4) is 17.2 Å². The molecule has 1 amide bonds. The predicted molar refractivity (Wildman–Crippen MR) is 116 cm³/mol. The summed E-state index contributed by atoms with van der Waals surface area (Å²) in [5, 5.41) is 6.87. The van der Waals surface area contributed by atoms with Gasteiger partial charge in [0.2, 0.25) is 5.95 Å². The summed E-state index contributed by atoms with van der Waals surface area (Å²) in [6, 6.07) is 11.4. The number of ether oxygens (including phenoxy) is 1. The Morgan fingerprint density at radius 1 is 1.19 bits per heavy atom. The zero-order valence-corrected chi connectivity index (χ0v) is 17.5. The molecular weight excluding hydrogens is 394 g/mol. The van der Waals surface area contributed by atoms with Crippen molar-refractivity contribution in [2.45, 2.75) is 33.2 Å². The highest BCUT2D eigenvalue weighted by Crippen LogP contribution is 2.30. The second-order valence-electron chi connectivity index (χ2n) is 7.99. The van der Waals surface area contributed by atoms with Crippen LogP contribution in [0.2, 0.25) is 0 Å². The number of imidazole rings is 1. The molecule has 1 aliphatic heterocycles. The average molecular weight is 417 g/mol. The number of carbonyl (C=O) groups is 1. The lowest BCUT2D eigenvalue weighted by Gasteiger charge is -2.15. The molecule has 1 aromatic carbocycles. The number of anilines is 1. The Labute approximate surface area is 179 Å². The number of nitrogens with one attached hydrogen (secondary N) is 1. The lowest BCUT2D eigenvalue weighted by atomic mass is 10.1. The van der Waals surface area contributed by atoms with Crippen LogP contribution in [-0.2, 0) is 6.54 Å². The molecule has 4 heterocycles. The van der Waals surface area contributed by atoms with Gasteiger partial charge >= 0.3 is 5.95 Å². The molecule has 158 valence electrons. The molecule has 0 saturated heterocycles. The minimum atomic E-state index is -0.246. The normalized spacial score (nSPS) is 17.1. The second-order valence-corrected chi connectivity index (χ2v) is 7.99. The molecule has 0 unspecified atom stereocenters. The molecule has 0 spiro atoms. The minimum absolute atomic E-state index is 0.246. The number of carbonyl (C=O) groups excluding carboxylic acids is 1. The maximum atomic E-state index is 13.2. The van der Waals surface area contributed by atoms with Crippen LogP contribution in [0.5, 0.6) is 5.95 Å². The molecule has 4 aromatic rings. The van der Waals surface area contributed by atoms with Crippen molar-refractivity contribution >= 4 is 22.9 Å². The fourth-order valence-electron chi connectivity index (χ4n) is 3.97. The van der Waals surface area contributed by atoms with E-state index < -0.39 is 0 Å². The number of amides is 1. The van der Waals surface area contributed by atoms with Gasteiger partial charge in [-0.1, -0.05) is 24.2 Å². The van der Waals surface area contributed by atoms with Crippen molar-refractivity contribution in [1.82, 2.24) is 19.7 Å². The van der Waals surface area contributed by atoms with Gasteiger partial charge in [-0.15, -0.1) is 0 Å². The SMILES string of the molecule is Cc1cc2cc(n1)-c1cnoc1OCCC[C@@H](C)Cn1c(nc3ccccc31)NC2=O. The number of fused-ring (bicyclic) bond motifs is 7. The molecule has 31 heavy (non-hydrogen) atoms. The zero-order valence-electron chi connectivity index (χ0n) is 17.5. The topological polar surface area (TPSA) is 95.1 Å². The monoisotopic (exact) mass is 417 g/mol. The Morgan fingerprint density at radius 3 is 2.97 bits per heavy atom. The van der Waals surface area contributed by atoms with E-state index in [0.717, 1.165) is 30.4 Å². The maximum Gasteiger partial charge on any atom is 0.320 e. The van der Waals surface area contributed by atoms with E-state index in [2.05, 4.69) is 31.9 Å². The van der Waals surface area contributed by atoms with E-state index in [1.807, 2.05) is 31.2 Å². The van der Waals surface area contributed by atoms with Gasteiger partial charge in [-0.25, -0.2) is 4.98 Å². The van der Waals surface area contributed by atoms with Crippen molar-refractivity contribution in [2.24, 2.45) is 5.92 Å². The van der Waals surface area contributed by atoms with Crippen LogP contribution in [0.15, 0.2) is 47.1 Å². The number of hydrogen-bond acceptors (Lipinski definition) is 6. The van der Waals surface area contributed by atoms with Crippen molar-refractivity contribution in [3.05, 3.63) is 53.9 Å². The molecule has 8 nitrogen and oxygen atoms in total. The third kappa shape index (κ3) is 3.76. The van der Waals surface area contributed by atoms with Crippen LogP contribution >= 0.6 is 0 Å². The average Bonchev–Trinajstić information content (AvgIpc) is 3.35. The number of nitrogens with zero attached hydrogens (tertiary/aromatic N) is 4. The van der Waals surface area contributed by atoms with Gasteiger partial charge < -0.3 is 13.8 Å². The number of pyridine rings is 1. The molecule has 3 aromatic heterocycles. The van der Waals surface area contributed by atoms with Gasteiger partial charge in [-0.2, -0.15) is 0 Å². The summed E-state index contributed by atoms with van der Waals surface area (Å²) in [6.45, 7) is 5.29. The Balaban J connectivity index is 1.61. The maximum absolute atomic E-state index is 13.2. The Hall–Kier alpha value is -3.68. The molecule has 2 bridgehead atoms. The van der Waals surface area contributed by atoms with E-state index in [1.54, 1.807) is 18.3 Å². The number of rotatable bonds is 0. The van der Waals surface area contributed by atoms with Crippen molar-refractivity contribution in [2.75, 3.05) is 11.9 Å². The predicted octanol–water partition coefficient (Wildman–Crippen LogP) is 4.46. The fourth-order valence-corrected chi connectivity index (χ4v) is 3.97. The first kappa shape index (κ1) is 19.3. The van der Waals surface area contributed by atoms with Crippen LogP contribution in [-0.4, -0.2) is 32.2 Å². The minimum Gasteiger partial charge on any atom is -0.463 e. The number of aromatic nitrogens is 4. The lowest BCUT2D eigenvalue weighted by molar-refractivity contribution is 0.102. The third-order valence-electron chi connectivity index (χ3n) is 5.48. The summed E-state index contributed by atoms with van der Waals surface area (Å²) in [5.74, 6) is 0.989. The van der Waals surface area contributed by atoms with Crippen LogP contribution in [0, 0.1) is 12.8 Å². The lowest BCUT2D eigenvalue weighted by Crippen LogP contribution is -2.18. The van der Waals surface area contributed by atoms with Gasteiger partial charge in [0, 0.05) is 17.8 Å². The first-order chi connectivity index (χ1) is 15.1. The van der Waals surface area contributed by atoms with Crippen LogP contribution in [0.25, 0.3) is 22.3 Å². The first-order valence-corrected chi connectivity index (χ1v) is 10.4. The molecule has 1 N–H and O–H groups in total. The second kappa shape index (κ2) is 7.86. The molecule has 8 heteroatoms. The van der Waals surface area contributed by atoms with Crippen molar-refractivity contribution < 1.29 is 14.1 Å². The molecule has 5 rings (SSSR count). The highest BCUT2D eigenvalue weighted by molar-refractivity contribution is 6.04. The summed E-state index contributed by atoms with van der Waals surface area (Å²) in [6.07, 6.45) is 3.38. The third-order valence-corrected chi connectivity index (χ3v) is 5.48. The number of aryl methyl sites for hydroxylation is 1. The van der Waals surface area contributed by atoms with E-state index in [4.69, 9.17) is 9.26 Å². The molecule has 0 radical (unpaired) electrons. The van der Waals surface area contributed by atoms with Crippen LogP contribution in [0.4, 0.5) is 5.95 Å². The van der Waals surface area contributed by atoms with Crippen LogP contribution in [0.3, 0.4) is 0 Å². The van der Waals surface area contributed by atoms with E-state index in [9.17, 15) is 4.79 Å². The molecule has 1 atom stereocenters. The van der Waals surface area contributed by atoms with Crippen LogP contribution < -0.4 is 10.1 Å². The highest BCUT2D eigenvalue weighted by Gasteiger charge is 2.20. The molecular formula is C23H23N5O3. The summed E-state index contributed by atoms with van der Waals surface area (Å²) in [4.78, 5) is 22.4. The largest absolute Gasteiger partial charge is 0.463 e. The van der Waals surface area contributed by atoms with Gasteiger partial charge in [-0.05, 0) is 49.9 Å². The Morgan fingerprint density at radius 2 is 2.06 bits per heavy atom. The molecule has 0 saturated carbocycles. The van der Waals surface area contributed by atoms with Gasteiger partial charge in [0.15, 0.2) is 0 Å². The standard InChI is InChI=1S/C23H23N5O3/c1-14-6-5-9-30-22-17(12-24-31-22)19-11-16(10-15(2)25-19)21(29)27-23-26-18-7-3-4-8-20(18)28(23)13-14/h3-4,7-8,10-12,14H,5-6,9,13H2,1-2H3,(H,26,27,29)/t14-/m1/s1. The van der Waals surface area contributed by atoms with Crippen molar-refractivity contribution in [3.63, 3.8) is 0 Å². The van der Waals surface area contributed by atoms with Gasteiger partial charge in [-0.3, -0.25) is 15.1 Å². The van der Waals surface area contributed by atoms with E-state index in [-0.39, 0.29) is 5.91 Å². The van der Waals surface area contributed by atoms with Crippen molar-refractivity contribution in [1.29, 1.82) is 0 Å². The first-order valence-electron chi connectivity index (χ1n) is 10.4. The molecule has 0 fully saturated rings.